The fraction of sp³-hybridized carbons (Fsp3) is 0.350. The fourth-order valence-electron chi connectivity index (χ4n) is 3.33. The predicted octanol–water partition coefficient (Wildman–Crippen LogP) is 3.75. The summed E-state index contributed by atoms with van der Waals surface area (Å²) in [5.41, 5.74) is 1.76. The second kappa shape index (κ2) is 7.55. The molecule has 1 aliphatic rings. The summed E-state index contributed by atoms with van der Waals surface area (Å²) >= 11 is 0. The molecule has 0 unspecified atom stereocenters. The number of ether oxygens (including phenoxy) is 2. The lowest BCUT2D eigenvalue weighted by atomic mass is 10.0. The Bertz CT molecular complexity index is 745. The number of benzene rings is 2. The minimum atomic E-state index is -0.444. The zero-order valence-corrected chi connectivity index (χ0v) is 14.5. The second-order valence-corrected chi connectivity index (χ2v) is 6.16. The van der Waals surface area contributed by atoms with Gasteiger partial charge in [0, 0.05) is 6.54 Å². The van der Waals surface area contributed by atoms with Crippen molar-refractivity contribution < 1.29 is 18.7 Å². The van der Waals surface area contributed by atoms with Crippen LogP contribution in [0.2, 0.25) is 0 Å². The van der Waals surface area contributed by atoms with Crippen LogP contribution in [0.5, 0.6) is 11.5 Å². The molecule has 0 aromatic heterocycles. The van der Waals surface area contributed by atoms with Crippen molar-refractivity contribution in [3.63, 3.8) is 0 Å². The maximum atomic E-state index is 13.8. The van der Waals surface area contributed by atoms with E-state index in [0.29, 0.717) is 5.56 Å². The Morgan fingerprint density at radius 3 is 2.56 bits per heavy atom. The Labute approximate surface area is 147 Å². The summed E-state index contributed by atoms with van der Waals surface area (Å²) in [5.74, 6) is 0.561. The number of amides is 1. The molecule has 1 heterocycles. The number of carbonyl (C=O) groups is 1. The van der Waals surface area contributed by atoms with Crippen LogP contribution in [0.3, 0.4) is 0 Å². The molecule has 1 atom stereocenters. The number of nitrogens with zero attached hydrogens (tertiary/aromatic N) is 1. The molecule has 1 saturated heterocycles. The first-order chi connectivity index (χ1) is 12.1. The van der Waals surface area contributed by atoms with Gasteiger partial charge in [0.15, 0.2) is 11.6 Å². The molecule has 2 aromatic rings. The quantitative estimate of drug-likeness (QED) is 0.830. The van der Waals surface area contributed by atoms with Gasteiger partial charge >= 0.3 is 0 Å². The highest BCUT2D eigenvalue weighted by Gasteiger charge is 2.29. The number of halogens is 1. The Morgan fingerprint density at radius 2 is 1.92 bits per heavy atom. The molecule has 0 saturated carbocycles. The van der Waals surface area contributed by atoms with Crippen LogP contribution < -0.4 is 9.47 Å². The molecule has 1 fully saturated rings. The van der Waals surface area contributed by atoms with Crippen LogP contribution >= 0.6 is 0 Å². The van der Waals surface area contributed by atoms with E-state index in [4.69, 9.17) is 9.47 Å². The molecule has 3 rings (SSSR count). The Balaban J connectivity index is 1.72. The number of methoxy groups -OCH3 is 2. The lowest BCUT2D eigenvalue weighted by Gasteiger charge is -2.25. The standard InChI is InChI=1S/C20H22FNO3/c1-24-16-8-6-15(7-9-16)18-4-3-11-22(18)20(23)13-14-5-10-19(25-2)17(21)12-14/h5-10,12,18H,3-4,11,13H2,1-2H3/t18-/m0/s1. The van der Waals surface area contributed by atoms with Crippen molar-refractivity contribution >= 4 is 5.91 Å². The van der Waals surface area contributed by atoms with Gasteiger partial charge in [-0.05, 0) is 48.2 Å². The van der Waals surface area contributed by atoms with Gasteiger partial charge in [-0.15, -0.1) is 0 Å². The van der Waals surface area contributed by atoms with Crippen molar-refractivity contribution in [3.05, 3.63) is 59.4 Å². The van der Waals surface area contributed by atoms with E-state index < -0.39 is 5.82 Å². The van der Waals surface area contributed by atoms with E-state index in [0.717, 1.165) is 30.7 Å². The summed E-state index contributed by atoms with van der Waals surface area (Å²) in [6.45, 7) is 0.730. The van der Waals surface area contributed by atoms with Gasteiger partial charge in [-0.3, -0.25) is 4.79 Å². The molecule has 25 heavy (non-hydrogen) atoms. The molecular weight excluding hydrogens is 321 g/mol. The average Bonchev–Trinajstić information content (AvgIpc) is 3.12. The third kappa shape index (κ3) is 3.76. The van der Waals surface area contributed by atoms with Crippen LogP contribution in [-0.2, 0) is 11.2 Å². The van der Waals surface area contributed by atoms with E-state index in [1.807, 2.05) is 29.2 Å². The summed E-state index contributed by atoms with van der Waals surface area (Å²) in [5, 5.41) is 0. The number of carbonyl (C=O) groups excluding carboxylic acids is 1. The van der Waals surface area contributed by atoms with E-state index in [1.165, 1.54) is 13.2 Å². The van der Waals surface area contributed by atoms with Gasteiger partial charge < -0.3 is 14.4 Å². The first-order valence-electron chi connectivity index (χ1n) is 8.38. The van der Waals surface area contributed by atoms with Crippen molar-refractivity contribution in [1.29, 1.82) is 0 Å². The van der Waals surface area contributed by atoms with E-state index >= 15 is 0 Å². The van der Waals surface area contributed by atoms with Crippen LogP contribution in [0.15, 0.2) is 42.5 Å². The molecule has 0 bridgehead atoms. The molecular formula is C20H22FNO3. The lowest BCUT2D eigenvalue weighted by Crippen LogP contribution is -2.31. The maximum absolute atomic E-state index is 13.8. The van der Waals surface area contributed by atoms with Crippen LogP contribution in [-0.4, -0.2) is 31.6 Å². The smallest absolute Gasteiger partial charge is 0.227 e. The van der Waals surface area contributed by atoms with Gasteiger partial charge in [-0.1, -0.05) is 18.2 Å². The predicted molar refractivity (Wildman–Crippen MR) is 93.3 cm³/mol. The first-order valence-corrected chi connectivity index (χ1v) is 8.38. The average molecular weight is 343 g/mol. The van der Waals surface area contributed by atoms with Gasteiger partial charge in [0.05, 0.1) is 26.7 Å². The fourth-order valence-corrected chi connectivity index (χ4v) is 3.33. The normalized spacial score (nSPS) is 16.8. The van der Waals surface area contributed by atoms with Gasteiger partial charge in [-0.2, -0.15) is 0 Å². The molecule has 4 nitrogen and oxygen atoms in total. The van der Waals surface area contributed by atoms with Crippen molar-refractivity contribution in [1.82, 2.24) is 4.90 Å². The van der Waals surface area contributed by atoms with Crippen molar-refractivity contribution in [2.45, 2.75) is 25.3 Å². The molecule has 1 amide bonds. The lowest BCUT2D eigenvalue weighted by molar-refractivity contribution is -0.131. The molecule has 0 aliphatic carbocycles. The number of rotatable bonds is 5. The molecule has 2 aromatic carbocycles. The van der Waals surface area contributed by atoms with E-state index in [9.17, 15) is 9.18 Å². The summed E-state index contributed by atoms with van der Waals surface area (Å²) in [4.78, 5) is 14.6. The Kier molecular flexibility index (Phi) is 5.22. The van der Waals surface area contributed by atoms with E-state index in [-0.39, 0.29) is 24.1 Å². The monoisotopic (exact) mass is 343 g/mol. The zero-order chi connectivity index (χ0) is 17.8. The first kappa shape index (κ1) is 17.3. The molecule has 0 radical (unpaired) electrons. The van der Waals surface area contributed by atoms with Gasteiger partial charge in [0.2, 0.25) is 5.91 Å². The summed E-state index contributed by atoms with van der Waals surface area (Å²) in [7, 11) is 3.06. The second-order valence-electron chi connectivity index (χ2n) is 6.16. The molecule has 5 heteroatoms. The van der Waals surface area contributed by atoms with Crippen LogP contribution in [0, 0.1) is 5.82 Å². The summed E-state index contributed by atoms with van der Waals surface area (Å²) < 4.78 is 23.9. The van der Waals surface area contributed by atoms with Crippen LogP contribution in [0.1, 0.15) is 30.0 Å². The van der Waals surface area contributed by atoms with Crippen LogP contribution in [0.4, 0.5) is 4.39 Å². The van der Waals surface area contributed by atoms with Crippen LogP contribution in [0.25, 0.3) is 0 Å². The van der Waals surface area contributed by atoms with Crippen molar-refractivity contribution in [2.24, 2.45) is 0 Å². The van der Waals surface area contributed by atoms with Gasteiger partial charge in [0.1, 0.15) is 5.75 Å². The summed E-state index contributed by atoms with van der Waals surface area (Å²) in [6, 6.07) is 12.6. The molecule has 0 N–H and O–H groups in total. The number of likely N-dealkylation sites (tertiary alicyclic amines) is 1. The minimum Gasteiger partial charge on any atom is -0.497 e. The minimum absolute atomic E-state index is 0.0166. The topological polar surface area (TPSA) is 38.8 Å². The molecule has 1 aliphatic heterocycles. The maximum Gasteiger partial charge on any atom is 0.227 e. The highest BCUT2D eigenvalue weighted by molar-refractivity contribution is 5.79. The number of hydrogen-bond donors (Lipinski definition) is 0. The van der Waals surface area contributed by atoms with Crippen molar-refractivity contribution in [2.75, 3.05) is 20.8 Å². The zero-order valence-electron chi connectivity index (χ0n) is 14.5. The van der Waals surface area contributed by atoms with E-state index in [1.54, 1.807) is 19.2 Å². The highest BCUT2D eigenvalue weighted by Crippen LogP contribution is 2.33. The SMILES string of the molecule is COc1ccc([C@@H]2CCCN2C(=O)Cc2ccc(OC)c(F)c2)cc1. The third-order valence-corrected chi connectivity index (χ3v) is 4.65. The van der Waals surface area contributed by atoms with Gasteiger partial charge in [0.25, 0.3) is 0 Å². The largest absolute Gasteiger partial charge is 0.497 e. The van der Waals surface area contributed by atoms with E-state index in [2.05, 4.69) is 0 Å². The van der Waals surface area contributed by atoms with Gasteiger partial charge in [-0.25, -0.2) is 4.39 Å². The Hall–Kier alpha value is -2.56. The highest BCUT2D eigenvalue weighted by atomic mass is 19.1. The number of hydrogen-bond acceptors (Lipinski definition) is 3. The van der Waals surface area contributed by atoms with Crippen molar-refractivity contribution in [3.8, 4) is 11.5 Å². The third-order valence-electron chi connectivity index (χ3n) is 4.65. The molecule has 0 spiro atoms. The Morgan fingerprint density at radius 1 is 1.16 bits per heavy atom. The molecule has 132 valence electrons. The summed E-state index contributed by atoms with van der Waals surface area (Å²) in [6.07, 6.45) is 2.10.